The third-order valence-electron chi connectivity index (χ3n) is 5.92. The number of furan rings is 1. The van der Waals surface area contributed by atoms with E-state index < -0.39 is 10.0 Å². The Balaban J connectivity index is 1.25. The normalized spacial score (nSPS) is 22.4. The number of nitrogens with one attached hydrogen (secondary N) is 3. The largest absolute Gasteiger partial charge is 0.451 e. The van der Waals surface area contributed by atoms with Crippen LogP contribution in [0.1, 0.15) is 29.8 Å². The van der Waals surface area contributed by atoms with Gasteiger partial charge < -0.3 is 15.1 Å². The molecule has 2 fully saturated rings. The monoisotopic (exact) mass is 437 g/mol. The zero-order chi connectivity index (χ0) is 21.4. The maximum absolute atomic E-state index is 12.6. The molecular weight excluding hydrogens is 414 g/mol. The molecule has 7 nitrogen and oxygen atoms in total. The molecular formula is C23H23N3O4S. The van der Waals surface area contributed by atoms with Crippen molar-refractivity contribution in [3.05, 3.63) is 72.5 Å². The fraction of sp³-hybridized carbons (Fsp3) is 0.261. The molecule has 0 saturated carbocycles. The van der Waals surface area contributed by atoms with Crippen molar-refractivity contribution in [3.8, 4) is 11.3 Å². The number of sulfonamides is 1. The lowest BCUT2D eigenvalue weighted by atomic mass is 9.95. The highest BCUT2D eigenvalue weighted by Gasteiger charge is 2.40. The van der Waals surface area contributed by atoms with Gasteiger partial charge in [-0.1, -0.05) is 18.2 Å². The molecule has 3 aromatic rings. The summed E-state index contributed by atoms with van der Waals surface area (Å²) in [7, 11) is -3.64. The molecule has 1 aromatic heterocycles. The van der Waals surface area contributed by atoms with Crippen LogP contribution in [0, 0.1) is 0 Å². The first-order chi connectivity index (χ1) is 15.0. The Hall–Kier alpha value is -3.10. The predicted octanol–water partition coefficient (Wildman–Crippen LogP) is 3.37. The summed E-state index contributed by atoms with van der Waals surface area (Å²) in [5.74, 6) is 0.609. The first-order valence-electron chi connectivity index (χ1n) is 10.3. The Morgan fingerprint density at radius 2 is 1.74 bits per heavy atom. The summed E-state index contributed by atoms with van der Waals surface area (Å²) in [5, 5.41) is 6.57. The number of benzene rings is 2. The zero-order valence-corrected chi connectivity index (χ0v) is 17.6. The van der Waals surface area contributed by atoms with Crippen molar-refractivity contribution in [3.63, 3.8) is 0 Å². The molecule has 3 heterocycles. The lowest BCUT2D eigenvalue weighted by Gasteiger charge is -2.20. The van der Waals surface area contributed by atoms with Gasteiger partial charge in [0.05, 0.1) is 4.90 Å². The maximum Gasteiger partial charge on any atom is 0.287 e. The summed E-state index contributed by atoms with van der Waals surface area (Å²) in [6.07, 6.45) is 3.24. The Morgan fingerprint density at radius 3 is 2.42 bits per heavy atom. The van der Waals surface area contributed by atoms with Crippen molar-refractivity contribution >= 4 is 21.6 Å². The molecule has 0 spiro atoms. The molecule has 3 atom stereocenters. The van der Waals surface area contributed by atoms with Crippen LogP contribution in [0.4, 0.5) is 5.69 Å². The van der Waals surface area contributed by atoms with Crippen molar-refractivity contribution in [2.45, 2.75) is 42.3 Å². The highest BCUT2D eigenvalue weighted by molar-refractivity contribution is 7.92. The van der Waals surface area contributed by atoms with Crippen LogP contribution < -0.4 is 15.4 Å². The average Bonchev–Trinajstić information content (AvgIpc) is 3.52. The van der Waals surface area contributed by atoms with Gasteiger partial charge in [-0.2, -0.15) is 0 Å². The molecule has 2 aliphatic heterocycles. The molecule has 2 saturated heterocycles. The van der Waals surface area contributed by atoms with E-state index in [1.807, 2.05) is 0 Å². The van der Waals surface area contributed by atoms with E-state index in [0.717, 1.165) is 18.4 Å². The van der Waals surface area contributed by atoms with Gasteiger partial charge in [0.25, 0.3) is 15.9 Å². The van der Waals surface area contributed by atoms with Gasteiger partial charge in [0.15, 0.2) is 5.76 Å². The van der Waals surface area contributed by atoms with Crippen LogP contribution >= 0.6 is 0 Å². The second-order valence-electron chi connectivity index (χ2n) is 8.02. The first kappa shape index (κ1) is 19.8. The van der Waals surface area contributed by atoms with Gasteiger partial charge in [0, 0.05) is 29.4 Å². The van der Waals surface area contributed by atoms with Crippen LogP contribution in [0.2, 0.25) is 0 Å². The third-order valence-corrected chi connectivity index (χ3v) is 7.32. The Bertz CT molecular complexity index is 1190. The minimum atomic E-state index is -3.64. The molecule has 160 valence electrons. The molecule has 0 unspecified atom stereocenters. The standard InChI is InChI=1S/C23H23N3O4S/c27-23(25-20-14-17-10-11-19(20)24-17)22-13-12-21(30-22)15-6-8-16(9-7-15)26-31(28,29)18-4-2-1-3-5-18/h1-9,12-13,17,19-20,24,26H,10-11,14H2,(H,25,27)/t17-,19+,20-/m1/s1. The molecule has 0 aliphatic carbocycles. The molecule has 3 N–H and O–H groups in total. The van der Waals surface area contributed by atoms with Crippen molar-refractivity contribution in [1.29, 1.82) is 0 Å². The fourth-order valence-electron chi connectivity index (χ4n) is 4.35. The fourth-order valence-corrected chi connectivity index (χ4v) is 5.43. The summed E-state index contributed by atoms with van der Waals surface area (Å²) in [6, 6.07) is 19.5. The Kier molecular flexibility index (Phi) is 5.03. The van der Waals surface area contributed by atoms with Crippen LogP contribution in [0.3, 0.4) is 0 Å². The van der Waals surface area contributed by atoms with Crippen LogP contribution in [0.15, 0.2) is 76.0 Å². The molecule has 5 rings (SSSR count). The molecule has 2 bridgehead atoms. The van der Waals surface area contributed by atoms with Crippen molar-refractivity contribution < 1.29 is 17.6 Å². The molecule has 31 heavy (non-hydrogen) atoms. The van der Waals surface area contributed by atoms with Crippen LogP contribution in [0.25, 0.3) is 11.3 Å². The number of rotatable bonds is 6. The van der Waals surface area contributed by atoms with Crippen LogP contribution in [-0.4, -0.2) is 32.5 Å². The number of carbonyl (C=O) groups excluding carboxylic acids is 1. The quantitative estimate of drug-likeness (QED) is 0.549. The smallest absolute Gasteiger partial charge is 0.287 e. The van der Waals surface area contributed by atoms with E-state index in [-0.39, 0.29) is 22.6 Å². The van der Waals surface area contributed by atoms with Gasteiger partial charge >= 0.3 is 0 Å². The number of carbonyl (C=O) groups is 1. The third kappa shape index (κ3) is 4.08. The van der Waals surface area contributed by atoms with Gasteiger partial charge in [-0.25, -0.2) is 8.42 Å². The van der Waals surface area contributed by atoms with Gasteiger partial charge in [-0.3, -0.25) is 9.52 Å². The molecule has 1 amide bonds. The minimum absolute atomic E-state index is 0.150. The number of hydrogen-bond acceptors (Lipinski definition) is 5. The SMILES string of the molecule is O=C(N[C@@H]1C[C@H]2CC[C@@H]1N2)c1ccc(-c2ccc(NS(=O)(=O)c3ccccc3)cc2)o1. The predicted molar refractivity (Wildman–Crippen MR) is 117 cm³/mol. The number of anilines is 1. The number of hydrogen-bond donors (Lipinski definition) is 3. The van der Waals surface area contributed by atoms with E-state index in [0.29, 0.717) is 23.5 Å². The molecule has 0 radical (unpaired) electrons. The lowest BCUT2D eigenvalue weighted by molar-refractivity contribution is 0.0903. The van der Waals surface area contributed by atoms with E-state index in [2.05, 4.69) is 15.4 Å². The highest BCUT2D eigenvalue weighted by atomic mass is 32.2. The Labute approximate surface area is 180 Å². The minimum Gasteiger partial charge on any atom is -0.451 e. The summed E-state index contributed by atoms with van der Waals surface area (Å²) in [6.45, 7) is 0. The summed E-state index contributed by atoms with van der Waals surface area (Å²) < 4.78 is 33.2. The second kappa shape index (κ2) is 7.86. The molecule has 2 aromatic carbocycles. The van der Waals surface area contributed by atoms with E-state index >= 15 is 0 Å². The highest BCUT2D eigenvalue weighted by Crippen LogP contribution is 2.29. The van der Waals surface area contributed by atoms with Gasteiger partial charge in [0.1, 0.15) is 5.76 Å². The van der Waals surface area contributed by atoms with E-state index in [1.165, 1.54) is 6.42 Å². The molecule has 2 aliphatic rings. The lowest BCUT2D eigenvalue weighted by Crippen LogP contribution is -2.42. The summed E-state index contributed by atoms with van der Waals surface area (Å²) >= 11 is 0. The first-order valence-corrected chi connectivity index (χ1v) is 11.8. The van der Waals surface area contributed by atoms with Crippen LogP contribution in [0.5, 0.6) is 0 Å². The van der Waals surface area contributed by atoms with E-state index in [4.69, 9.17) is 4.42 Å². The summed E-state index contributed by atoms with van der Waals surface area (Å²) in [4.78, 5) is 12.8. The topological polar surface area (TPSA) is 100 Å². The maximum atomic E-state index is 12.6. The van der Waals surface area contributed by atoms with Crippen molar-refractivity contribution in [1.82, 2.24) is 10.6 Å². The summed E-state index contributed by atoms with van der Waals surface area (Å²) in [5.41, 5.74) is 1.20. The Morgan fingerprint density at radius 1 is 0.968 bits per heavy atom. The van der Waals surface area contributed by atoms with Gasteiger partial charge in [-0.15, -0.1) is 0 Å². The van der Waals surface area contributed by atoms with Gasteiger partial charge in [-0.05, 0) is 67.8 Å². The van der Waals surface area contributed by atoms with Crippen molar-refractivity contribution in [2.75, 3.05) is 4.72 Å². The van der Waals surface area contributed by atoms with Gasteiger partial charge in [0.2, 0.25) is 0 Å². The van der Waals surface area contributed by atoms with E-state index in [1.54, 1.807) is 66.7 Å². The van der Waals surface area contributed by atoms with E-state index in [9.17, 15) is 13.2 Å². The number of amides is 1. The van der Waals surface area contributed by atoms with Crippen LogP contribution in [-0.2, 0) is 10.0 Å². The molecule has 8 heteroatoms. The van der Waals surface area contributed by atoms with Crippen molar-refractivity contribution in [2.24, 2.45) is 0 Å². The number of fused-ring (bicyclic) bond motifs is 2. The zero-order valence-electron chi connectivity index (χ0n) is 16.7. The second-order valence-corrected chi connectivity index (χ2v) is 9.71. The average molecular weight is 438 g/mol.